The molecule has 0 bridgehead atoms. The molecule has 2 rings (SSSR count). The Hall–Kier alpha value is -0.770. The van der Waals surface area contributed by atoms with Crippen molar-refractivity contribution < 1.29 is 0 Å². The van der Waals surface area contributed by atoms with Gasteiger partial charge in [0.25, 0.3) is 0 Å². The molecule has 0 saturated carbocycles. The van der Waals surface area contributed by atoms with E-state index in [0.29, 0.717) is 6.04 Å². The third-order valence-electron chi connectivity index (χ3n) is 2.67. The van der Waals surface area contributed by atoms with Crippen LogP contribution in [0.1, 0.15) is 12.0 Å². The van der Waals surface area contributed by atoms with Crippen LogP contribution in [0, 0.1) is 0 Å². The summed E-state index contributed by atoms with van der Waals surface area (Å²) in [5.74, 6) is 0. The van der Waals surface area contributed by atoms with Crippen LogP contribution in [0.15, 0.2) is 24.3 Å². The van der Waals surface area contributed by atoms with Crippen molar-refractivity contribution in [3.8, 4) is 0 Å². The van der Waals surface area contributed by atoms with E-state index in [9.17, 15) is 0 Å². The van der Waals surface area contributed by atoms with Crippen LogP contribution in [0.4, 0.5) is 5.69 Å². The van der Waals surface area contributed by atoms with Crippen LogP contribution in [-0.2, 0) is 6.54 Å². The van der Waals surface area contributed by atoms with Crippen LogP contribution in [0.2, 0.25) is 0 Å². The molecule has 3 nitrogen and oxygen atoms in total. The van der Waals surface area contributed by atoms with Crippen molar-refractivity contribution in [1.29, 1.82) is 0 Å². The maximum Gasteiger partial charge on any atom is 0.0317 e. The molecule has 1 atom stereocenters. The van der Waals surface area contributed by atoms with Crippen molar-refractivity contribution in [1.82, 2.24) is 4.90 Å². The van der Waals surface area contributed by atoms with Gasteiger partial charge in [0.05, 0.1) is 0 Å². The molecule has 0 aliphatic carbocycles. The number of likely N-dealkylation sites (tertiary alicyclic amines) is 1. The predicted molar refractivity (Wildman–Crippen MR) is 66.0 cm³/mol. The fourth-order valence-electron chi connectivity index (χ4n) is 1.96. The lowest BCUT2D eigenvalue weighted by Crippen LogP contribution is -2.26. The molecule has 15 heavy (non-hydrogen) atoms. The van der Waals surface area contributed by atoms with Gasteiger partial charge in [-0.05, 0) is 24.1 Å². The van der Waals surface area contributed by atoms with Crippen LogP contribution in [0.5, 0.6) is 0 Å². The zero-order valence-electron chi connectivity index (χ0n) is 8.73. The summed E-state index contributed by atoms with van der Waals surface area (Å²) < 4.78 is 0. The Balaban J connectivity index is 0.00000112. The van der Waals surface area contributed by atoms with E-state index in [0.717, 1.165) is 31.7 Å². The summed E-state index contributed by atoms with van der Waals surface area (Å²) in [5.41, 5.74) is 13.7. The molecule has 84 valence electrons. The number of benzene rings is 1. The van der Waals surface area contributed by atoms with Crippen LogP contribution >= 0.6 is 12.4 Å². The Morgan fingerprint density at radius 1 is 1.40 bits per heavy atom. The van der Waals surface area contributed by atoms with Crippen molar-refractivity contribution in [2.45, 2.75) is 19.0 Å². The number of hydrogen-bond donors (Lipinski definition) is 2. The minimum absolute atomic E-state index is 0. The van der Waals surface area contributed by atoms with Gasteiger partial charge < -0.3 is 11.5 Å². The summed E-state index contributed by atoms with van der Waals surface area (Å²) in [5, 5.41) is 0. The van der Waals surface area contributed by atoms with Gasteiger partial charge in [0, 0.05) is 31.4 Å². The van der Waals surface area contributed by atoms with Crippen LogP contribution < -0.4 is 11.5 Å². The minimum atomic E-state index is 0. The first kappa shape index (κ1) is 12.3. The normalized spacial score (nSPS) is 21.3. The summed E-state index contributed by atoms with van der Waals surface area (Å²) in [7, 11) is 0. The van der Waals surface area contributed by atoms with Gasteiger partial charge >= 0.3 is 0 Å². The summed E-state index contributed by atoms with van der Waals surface area (Å²) in [6, 6.07) is 8.42. The van der Waals surface area contributed by atoms with Crippen molar-refractivity contribution >= 4 is 18.1 Å². The van der Waals surface area contributed by atoms with E-state index in [-0.39, 0.29) is 12.4 Å². The van der Waals surface area contributed by atoms with Gasteiger partial charge in [-0.1, -0.05) is 12.1 Å². The number of nitrogen functional groups attached to an aromatic ring is 1. The number of nitrogens with two attached hydrogens (primary N) is 2. The Bertz CT molecular complexity index is 316. The van der Waals surface area contributed by atoms with E-state index in [2.05, 4.69) is 11.0 Å². The van der Waals surface area contributed by atoms with Gasteiger partial charge in [-0.25, -0.2) is 0 Å². The molecule has 1 aliphatic heterocycles. The lowest BCUT2D eigenvalue weighted by atomic mass is 10.2. The topological polar surface area (TPSA) is 55.3 Å². The molecule has 0 amide bonds. The van der Waals surface area contributed by atoms with Gasteiger partial charge in [-0.3, -0.25) is 4.90 Å². The van der Waals surface area contributed by atoms with E-state index in [1.165, 1.54) is 5.56 Å². The van der Waals surface area contributed by atoms with Gasteiger partial charge in [0.2, 0.25) is 0 Å². The first-order valence-corrected chi connectivity index (χ1v) is 5.06. The molecule has 1 aromatic carbocycles. The van der Waals surface area contributed by atoms with E-state index >= 15 is 0 Å². The molecule has 1 fully saturated rings. The van der Waals surface area contributed by atoms with Crippen molar-refractivity contribution in [2.75, 3.05) is 18.8 Å². The number of nitrogens with zero attached hydrogens (tertiary/aromatic N) is 1. The van der Waals surface area contributed by atoms with E-state index in [1.807, 2.05) is 18.2 Å². The highest BCUT2D eigenvalue weighted by Crippen LogP contribution is 2.13. The minimum Gasteiger partial charge on any atom is -0.399 e. The highest BCUT2D eigenvalue weighted by molar-refractivity contribution is 5.85. The van der Waals surface area contributed by atoms with Crippen molar-refractivity contribution in [3.05, 3.63) is 29.8 Å². The average molecular weight is 228 g/mol. The molecule has 1 aromatic rings. The molecular formula is C11H18ClN3. The van der Waals surface area contributed by atoms with Crippen molar-refractivity contribution in [2.24, 2.45) is 5.73 Å². The fraction of sp³-hybridized carbons (Fsp3) is 0.455. The number of hydrogen-bond acceptors (Lipinski definition) is 3. The van der Waals surface area contributed by atoms with Gasteiger partial charge in [0.15, 0.2) is 0 Å². The van der Waals surface area contributed by atoms with Gasteiger partial charge in [0.1, 0.15) is 0 Å². The van der Waals surface area contributed by atoms with Crippen molar-refractivity contribution in [3.63, 3.8) is 0 Å². The van der Waals surface area contributed by atoms with Gasteiger partial charge in [-0.2, -0.15) is 0 Å². The monoisotopic (exact) mass is 227 g/mol. The summed E-state index contributed by atoms with van der Waals surface area (Å²) in [6.45, 7) is 3.09. The van der Waals surface area contributed by atoms with Crippen LogP contribution in [-0.4, -0.2) is 24.0 Å². The summed E-state index contributed by atoms with van der Waals surface area (Å²) >= 11 is 0. The zero-order chi connectivity index (χ0) is 9.97. The molecule has 4 N–H and O–H groups in total. The maximum atomic E-state index is 5.84. The lowest BCUT2D eigenvalue weighted by Gasteiger charge is -2.15. The fourth-order valence-corrected chi connectivity index (χ4v) is 1.96. The quantitative estimate of drug-likeness (QED) is 0.748. The first-order chi connectivity index (χ1) is 6.74. The molecule has 0 aromatic heterocycles. The molecule has 0 spiro atoms. The Kier molecular flexibility index (Phi) is 4.39. The largest absolute Gasteiger partial charge is 0.399 e. The highest BCUT2D eigenvalue weighted by Gasteiger charge is 2.18. The Labute approximate surface area is 96.8 Å². The second kappa shape index (κ2) is 5.35. The maximum absolute atomic E-state index is 5.84. The van der Waals surface area contributed by atoms with E-state index < -0.39 is 0 Å². The third-order valence-corrected chi connectivity index (χ3v) is 2.67. The summed E-state index contributed by atoms with van der Waals surface area (Å²) in [4.78, 5) is 2.37. The predicted octanol–water partition coefficient (Wildman–Crippen LogP) is 1.22. The lowest BCUT2D eigenvalue weighted by molar-refractivity contribution is 0.327. The second-order valence-electron chi connectivity index (χ2n) is 4.03. The molecule has 0 radical (unpaired) electrons. The van der Waals surface area contributed by atoms with E-state index in [1.54, 1.807) is 0 Å². The zero-order valence-corrected chi connectivity index (χ0v) is 9.54. The smallest absolute Gasteiger partial charge is 0.0317 e. The first-order valence-electron chi connectivity index (χ1n) is 5.06. The van der Waals surface area contributed by atoms with Gasteiger partial charge in [-0.15, -0.1) is 12.4 Å². The third kappa shape index (κ3) is 3.38. The van der Waals surface area contributed by atoms with E-state index in [4.69, 9.17) is 11.5 Å². The molecule has 1 aliphatic rings. The second-order valence-corrected chi connectivity index (χ2v) is 4.03. The summed E-state index contributed by atoms with van der Waals surface area (Å²) in [6.07, 6.45) is 1.11. The van der Waals surface area contributed by atoms with Crippen LogP contribution in [0.25, 0.3) is 0 Å². The molecule has 1 saturated heterocycles. The number of anilines is 1. The average Bonchev–Trinajstić information content (AvgIpc) is 2.51. The Morgan fingerprint density at radius 3 is 2.80 bits per heavy atom. The molecule has 1 heterocycles. The number of halogens is 1. The SMILES string of the molecule is Cl.Nc1cccc(CN2CC[C@@H](N)C2)c1. The molecule has 4 heteroatoms. The number of rotatable bonds is 2. The molecule has 0 unspecified atom stereocenters. The molecular weight excluding hydrogens is 210 g/mol. The highest BCUT2D eigenvalue weighted by atomic mass is 35.5. The Morgan fingerprint density at radius 2 is 2.20 bits per heavy atom. The van der Waals surface area contributed by atoms with Crippen LogP contribution in [0.3, 0.4) is 0 Å². The standard InChI is InChI=1S/C11H17N3.ClH/c12-10-3-1-2-9(6-10)7-14-5-4-11(13)8-14;/h1-3,6,11H,4-5,7-8,12-13H2;1H/t11-;/m1./s1.